The number of hydrogen-bond acceptors (Lipinski definition) is 4. The van der Waals surface area contributed by atoms with E-state index in [9.17, 15) is 4.79 Å². The van der Waals surface area contributed by atoms with Crippen LogP contribution in [0.2, 0.25) is 0 Å². The fourth-order valence-corrected chi connectivity index (χ4v) is 2.61. The van der Waals surface area contributed by atoms with Gasteiger partial charge in [-0.25, -0.2) is 4.98 Å². The number of nitrogens with two attached hydrogens (primary N) is 1. The molecule has 1 atom stereocenters. The summed E-state index contributed by atoms with van der Waals surface area (Å²) in [5.74, 6) is 0.109. The van der Waals surface area contributed by atoms with Crippen LogP contribution in [0.1, 0.15) is 29.4 Å². The van der Waals surface area contributed by atoms with Gasteiger partial charge in [-0.2, -0.15) is 0 Å². The monoisotopic (exact) mass is 268 g/mol. The average Bonchev–Trinajstić information content (AvgIpc) is 2.46. The molecule has 2 aromatic rings. The third kappa shape index (κ3) is 2.11. The molecule has 0 bridgehead atoms. The number of amides is 1. The molecule has 1 unspecified atom stereocenters. The zero-order chi connectivity index (χ0) is 14.1. The van der Waals surface area contributed by atoms with E-state index in [4.69, 9.17) is 5.73 Å². The molecular formula is C15H16N4O. The lowest BCUT2D eigenvalue weighted by Crippen LogP contribution is -2.42. The summed E-state index contributed by atoms with van der Waals surface area (Å²) in [6.07, 6.45) is 4.83. The lowest BCUT2D eigenvalue weighted by Gasteiger charge is -2.35. The van der Waals surface area contributed by atoms with E-state index in [1.165, 1.54) is 18.0 Å². The van der Waals surface area contributed by atoms with Crippen molar-refractivity contribution in [3.05, 3.63) is 47.9 Å². The standard InChI is InChI=1S/C15H16N4O/c1-10-6-7-11-4-2-3-5-13(11)19(10)15(20)12-8-17-9-14(16)18-12/h2-5,8-10H,6-7H2,1H3,(H2,16,18). The summed E-state index contributed by atoms with van der Waals surface area (Å²) in [6, 6.07) is 8.12. The van der Waals surface area contributed by atoms with E-state index >= 15 is 0 Å². The molecule has 5 heteroatoms. The van der Waals surface area contributed by atoms with E-state index in [2.05, 4.69) is 16.0 Å². The highest BCUT2D eigenvalue weighted by Crippen LogP contribution is 2.31. The van der Waals surface area contributed by atoms with Gasteiger partial charge in [0.1, 0.15) is 11.5 Å². The van der Waals surface area contributed by atoms with E-state index in [-0.39, 0.29) is 23.5 Å². The first-order chi connectivity index (χ1) is 9.66. The maximum Gasteiger partial charge on any atom is 0.278 e. The Bertz CT molecular complexity index is 656. The van der Waals surface area contributed by atoms with Crippen LogP contribution in [0, 0.1) is 0 Å². The Balaban J connectivity index is 2.03. The summed E-state index contributed by atoms with van der Waals surface area (Å²) < 4.78 is 0. The quantitative estimate of drug-likeness (QED) is 0.859. The third-order valence-corrected chi connectivity index (χ3v) is 3.61. The van der Waals surface area contributed by atoms with Crippen molar-refractivity contribution >= 4 is 17.4 Å². The predicted octanol–water partition coefficient (Wildman–Crippen LogP) is 2.04. The molecule has 1 aliphatic heterocycles. The molecular weight excluding hydrogens is 252 g/mol. The van der Waals surface area contributed by atoms with Crippen molar-refractivity contribution in [1.82, 2.24) is 9.97 Å². The summed E-state index contributed by atoms with van der Waals surface area (Å²) in [7, 11) is 0. The number of para-hydroxylation sites is 1. The summed E-state index contributed by atoms with van der Waals surface area (Å²) in [5, 5.41) is 0. The first-order valence-corrected chi connectivity index (χ1v) is 6.66. The molecule has 0 aliphatic carbocycles. The van der Waals surface area contributed by atoms with Gasteiger partial charge in [-0.3, -0.25) is 9.78 Å². The number of fused-ring (bicyclic) bond motifs is 1. The number of carbonyl (C=O) groups is 1. The second-order valence-electron chi connectivity index (χ2n) is 5.02. The van der Waals surface area contributed by atoms with E-state index in [0.29, 0.717) is 0 Å². The Labute approximate surface area is 117 Å². The molecule has 1 amide bonds. The van der Waals surface area contributed by atoms with Crippen LogP contribution in [-0.2, 0) is 6.42 Å². The van der Waals surface area contributed by atoms with Gasteiger partial charge in [-0.1, -0.05) is 18.2 Å². The molecule has 2 heterocycles. The molecule has 3 rings (SSSR count). The van der Waals surface area contributed by atoms with Gasteiger partial charge in [-0.05, 0) is 31.4 Å². The number of benzene rings is 1. The fourth-order valence-electron chi connectivity index (χ4n) is 2.61. The molecule has 1 aromatic carbocycles. The van der Waals surface area contributed by atoms with E-state index < -0.39 is 0 Å². The van der Waals surface area contributed by atoms with Crippen LogP contribution in [0.3, 0.4) is 0 Å². The van der Waals surface area contributed by atoms with Crippen molar-refractivity contribution in [3.8, 4) is 0 Å². The minimum absolute atomic E-state index is 0.139. The Hall–Kier alpha value is -2.43. The van der Waals surface area contributed by atoms with Crippen molar-refractivity contribution in [3.63, 3.8) is 0 Å². The molecule has 20 heavy (non-hydrogen) atoms. The number of hydrogen-bond donors (Lipinski definition) is 1. The number of aryl methyl sites for hydroxylation is 1. The number of carbonyl (C=O) groups excluding carboxylic acids is 1. The van der Waals surface area contributed by atoms with Crippen molar-refractivity contribution in [1.29, 1.82) is 0 Å². The van der Waals surface area contributed by atoms with Gasteiger partial charge in [0.05, 0.1) is 12.4 Å². The molecule has 1 aromatic heterocycles. The molecule has 0 radical (unpaired) electrons. The first-order valence-electron chi connectivity index (χ1n) is 6.66. The van der Waals surface area contributed by atoms with Crippen molar-refractivity contribution in [2.45, 2.75) is 25.8 Å². The van der Waals surface area contributed by atoms with E-state index in [1.54, 1.807) is 4.90 Å². The van der Waals surface area contributed by atoms with E-state index in [1.807, 2.05) is 25.1 Å². The van der Waals surface area contributed by atoms with Crippen molar-refractivity contribution in [2.24, 2.45) is 0 Å². The van der Waals surface area contributed by atoms with Crippen molar-refractivity contribution in [2.75, 3.05) is 10.6 Å². The van der Waals surface area contributed by atoms with Gasteiger partial charge in [0.15, 0.2) is 0 Å². The van der Waals surface area contributed by atoms with Gasteiger partial charge in [0.25, 0.3) is 5.91 Å². The number of anilines is 2. The molecule has 5 nitrogen and oxygen atoms in total. The van der Waals surface area contributed by atoms with Gasteiger partial charge >= 0.3 is 0 Å². The molecule has 1 aliphatic rings. The highest BCUT2D eigenvalue weighted by Gasteiger charge is 2.29. The Morgan fingerprint density at radius 3 is 2.95 bits per heavy atom. The lowest BCUT2D eigenvalue weighted by molar-refractivity contribution is 0.0970. The predicted molar refractivity (Wildman–Crippen MR) is 77.5 cm³/mol. The van der Waals surface area contributed by atoms with Crippen LogP contribution in [0.5, 0.6) is 0 Å². The molecule has 0 spiro atoms. The number of nitrogens with zero attached hydrogens (tertiary/aromatic N) is 3. The van der Waals surface area contributed by atoms with Crippen LogP contribution in [0.25, 0.3) is 0 Å². The molecule has 102 valence electrons. The average molecular weight is 268 g/mol. The maximum absolute atomic E-state index is 12.7. The second kappa shape index (κ2) is 4.92. The second-order valence-corrected chi connectivity index (χ2v) is 5.02. The van der Waals surface area contributed by atoms with E-state index in [0.717, 1.165) is 18.5 Å². The number of aromatic nitrogens is 2. The SMILES string of the molecule is CC1CCc2ccccc2N1C(=O)c1cncc(N)n1. The van der Waals surface area contributed by atoms with Crippen LogP contribution in [0.15, 0.2) is 36.7 Å². The largest absolute Gasteiger partial charge is 0.382 e. The van der Waals surface area contributed by atoms with Crippen LogP contribution < -0.4 is 10.6 Å². The molecule has 0 saturated carbocycles. The normalized spacial score (nSPS) is 17.6. The number of rotatable bonds is 1. The Morgan fingerprint density at radius 2 is 2.15 bits per heavy atom. The van der Waals surface area contributed by atoms with Gasteiger partial charge < -0.3 is 10.6 Å². The summed E-state index contributed by atoms with van der Waals surface area (Å²) in [4.78, 5) is 22.5. The minimum Gasteiger partial charge on any atom is -0.382 e. The minimum atomic E-state index is -0.149. The highest BCUT2D eigenvalue weighted by atomic mass is 16.2. The van der Waals surface area contributed by atoms with Gasteiger partial charge in [0.2, 0.25) is 0 Å². The third-order valence-electron chi connectivity index (χ3n) is 3.61. The molecule has 0 fully saturated rings. The zero-order valence-corrected chi connectivity index (χ0v) is 11.3. The summed E-state index contributed by atoms with van der Waals surface area (Å²) in [6.45, 7) is 2.05. The smallest absolute Gasteiger partial charge is 0.278 e. The zero-order valence-electron chi connectivity index (χ0n) is 11.3. The summed E-state index contributed by atoms with van der Waals surface area (Å²) >= 11 is 0. The Kier molecular flexibility index (Phi) is 3.10. The molecule has 0 saturated heterocycles. The molecule has 2 N–H and O–H groups in total. The fraction of sp³-hybridized carbons (Fsp3) is 0.267. The van der Waals surface area contributed by atoms with Gasteiger partial charge in [-0.15, -0.1) is 0 Å². The van der Waals surface area contributed by atoms with Crippen LogP contribution in [0.4, 0.5) is 11.5 Å². The lowest BCUT2D eigenvalue weighted by atomic mass is 9.96. The topological polar surface area (TPSA) is 72.1 Å². The highest BCUT2D eigenvalue weighted by molar-refractivity contribution is 6.05. The van der Waals surface area contributed by atoms with Crippen molar-refractivity contribution < 1.29 is 4.79 Å². The van der Waals surface area contributed by atoms with Crippen LogP contribution in [-0.4, -0.2) is 21.9 Å². The Morgan fingerprint density at radius 1 is 1.35 bits per heavy atom. The number of nitrogen functional groups attached to an aromatic ring is 1. The maximum atomic E-state index is 12.7. The van der Waals surface area contributed by atoms with Crippen LogP contribution >= 0.6 is 0 Å². The first kappa shape index (κ1) is 12.6. The summed E-state index contributed by atoms with van der Waals surface area (Å²) in [5.41, 5.74) is 8.05. The van der Waals surface area contributed by atoms with Gasteiger partial charge in [0, 0.05) is 11.7 Å².